The van der Waals surface area contributed by atoms with E-state index in [1.807, 2.05) is 6.08 Å². The molecule has 68 valence electrons. The van der Waals surface area contributed by atoms with Crippen LogP contribution in [0.2, 0.25) is 0 Å². The molecular formula is C10H16O2. The maximum atomic E-state index is 10.4. The summed E-state index contributed by atoms with van der Waals surface area (Å²) in [6.07, 6.45) is 6.50. The molecule has 0 fully saturated rings. The van der Waals surface area contributed by atoms with Crippen molar-refractivity contribution < 1.29 is 9.90 Å². The third kappa shape index (κ3) is 2.68. The van der Waals surface area contributed by atoms with E-state index < -0.39 is 5.97 Å². The van der Waals surface area contributed by atoms with Gasteiger partial charge in [0.25, 0.3) is 0 Å². The zero-order valence-electron chi connectivity index (χ0n) is 7.71. The number of hydrogen-bond acceptors (Lipinski definition) is 1. The Bertz CT molecular complexity index is 204. The molecule has 0 bridgehead atoms. The van der Waals surface area contributed by atoms with Gasteiger partial charge in [-0.15, -0.1) is 0 Å². The molecule has 0 aromatic rings. The van der Waals surface area contributed by atoms with Gasteiger partial charge in [-0.1, -0.05) is 26.0 Å². The predicted octanol–water partition coefficient (Wildman–Crippen LogP) is 2.45. The Balaban J connectivity index is 2.52. The summed E-state index contributed by atoms with van der Waals surface area (Å²) < 4.78 is 0. The van der Waals surface area contributed by atoms with Gasteiger partial charge in [0.1, 0.15) is 0 Å². The van der Waals surface area contributed by atoms with Crippen LogP contribution in [0.1, 0.15) is 33.1 Å². The minimum atomic E-state index is -0.692. The van der Waals surface area contributed by atoms with Crippen LogP contribution in [-0.2, 0) is 4.79 Å². The van der Waals surface area contributed by atoms with Crippen molar-refractivity contribution in [2.45, 2.75) is 33.1 Å². The van der Waals surface area contributed by atoms with E-state index in [-0.39, 0.29) is 17.8 Å². The second kappa shape index (κ2) is 3.30. The van der Waals surface area contributed by atoms with E-state index in [0.29, 0.717) is 0 Å². The summed E-state index contributed by atoms with van der Waals surface area (Å²) in [5.41, 5.74) is 0.287. The minimum absolute atomic E-state index is 0.242. The number of carboxylic acid groups (broad SMARTS) is 1. The molecule has 0 spiro atoms. The van der Waals surface area contributed by atoms with E-state index >= 15 is 0 Å². The van der Waals surface area contributed by atoms with Gasteiger partial charge < -0.3 is 5.11 Å². The van der Waals surface area contributed by atoms with Gasteiger partial charge in [-0.05, 0) is 24.2 Å². The van der Waals surface area contributed by atoms with E-state index in [9.17, 15) is 4.79 Å². The van der Waals surface area contributed by atoms with Crippen LogP contribution in [0.25, 0.3) is 0 Å². The Morgan fingerprint density at radius 1 is 1.67 bits per heavy atom. The summed E-state index contributed by atoms with van der Waals surface area (Å²) >= 11 is 0. The summed E-state index contributed by atoms with van der Waals surface area (Å²) in [7, 11) is 0. The minimum Gasteiger partial charge on any atom is -0.481 e. The number of hydrogen-bond donors (Lipinski definition) is 1. The molecule has 0 heterocycles. The number of carbonyl (C=O) groups is 1. The first-order valence-corrected chi connectivity index (χ1v) is 4.38. The highest BCUT2D eigenvalue weighted by atomic mass is 16.4. The maximum absolute atomic E-state index is 10.4. The van der Waals surface area contributed by atoms with Crippen molar-refractivity contribution in [2.24, 2.45) is 11.3 Å². The van der Waals surface area contributed by atoms with Crippen molar-refractivity contribution in [1.82, 2.24) is 0 Å². The second-order valence-corrected chi connectivity index (χ2v) is 4.36. The van der Waals surface area contributed by atoms with E-state index in [4.69, 9.17) is 5.11 Å². The Hall–Kier alpha value is -0.790. The Labute approximate surface area is 73.3 Å². The van der Waals surface area contributed by atoms with E-state index in [2.05, 4.69) is 19.9 Å². The lowest BCUT2D eigenvalue weighted by atomic mass is 9.75. The highest BCUT2D eigenvalue weighted by Gasteiger charge is 2.25. The summed E-state index contributed by atoms with van der Waals surface area (Å²) in [5.74, 6) is -0.450. The van der Waals surface area contributed by atoms with Gasteiger partial charge in [0.2, 0.25) is 0 Å². The van der Waals surface area contributed by atoms with Crippen molar-refractivity contribution in [3.63, 3.8) is 0 Å². The largest absolute Gasteiger partial charge is 0.481 e. The normalized spacial score (nSPS) is 27.0. The third-order valence-electron chi connectivity index (χ3n) is 2.33. The fraction of sp³-hybridized carbons (Fsp3) is 0.700. The van der Waals surface area contributed by atoms with Crippen LogP contribution < -0.4 is 0 Å². The quantitative estimate of drug-likeness (QED) is 0.643. The molecule has 2 nitrogen and oxygen atoms in total. The first-order valence-electron chi connectivity index (χ1n) is 4.38. The molecule has 1 unspecified atom stereocenters. The first kappa shape index (κ1) is 9.30. The van der Waals surface area contributed by atoms with Crippen LogP contribution >= 0.6 is 0 Å². The predicted molar refractivity (Wildman–Crippen MR) is 47.9 cm³/mol. The van der Waals surface area contributed by atoms with Gasteiger partial charge in [0.15, 0.2) is 0 Å². The lowest BCUT2D eigenvalue weighted by molar-refractivity contribution is -0.137. The van der Waals surface area contributed by atoms with Crippen LogP contribution in [0.4, 0.5) is 0 Å². The molecule has 0 saturated carbocycles. The Morgan fingerprint density at radius 2 is 2.33 bits per heavy atom. The summed E-state index contributed by atoms with van der Waals surface area (Å²) in [5, 5.41) is 8.60. The molecule has 12 heavy (non-hydrogen) atoms. The molecular weight excluding hydrogens is 152 g/mol. The zero-order chi connectivity index (χ0) is 9.19. The van der Waals surface area contributed by atoms with Crippen molar-refractivity contribution in [2.75, 3.05) is 0 Å². The number of allylic oxidation sites excluding steroid dienone is 2. The fourth-order valence-corrected chi connectivity index (χ4v) is 1.81. The summed E-state index contributed by atoms with van der Waals surface area (Å²) in [4.78, 5) is 10.4. The van der Waals surface area contributed by atoms with E-state index in [1.165, 1.54) is 0 Å². The Morgan fingerprint density at radius 3 is 2.83 bits per heavy atom. The topological polar surface area (TPSA) is 37.3 Å². The zero-order valence-corrected chi connectivity index (χ0v) is 7.71. The van der Waals surface area contributed by atoms with Gasteiger partial charge in [0, 0.05) is 0 Å². The van der Waals surface area contributed by atoms with Crippen LogP contribution in [0.3, 0.4) is 0 Å². The fourth-order valence-electron chi connectivity index (χ4n) is 1.81. The molecule has 1 aliphatic rings. The highest BCUT2D eigenvalue weighted by molar-refractivity contribution is 5.67. The van der Waals surface area contributed by atoms with Crippen LogP contribution in [0, 0.1) is 11.3 Å². The molecule has 1 atom stereocenters. The number of rotatable bonds is 2. The molecule has 0 amide bonds. The molecule has 0 aromatic heterocycles. The summed E-state index contributed by atoms with van der Waals surface area (Å²) in [6.45, 7) is 4.37. The summed E-state index contributed by atoms with van der Waals surface area (Å²) in [6, 6.07) is 0. The number of aliphatic carboxylic acids is 1. The molecule has 1 rings (SSSR count). The lowest BCUT2D eigenvalue weighted by Gasteiger charge is -2.30. The molecule has 0 radical (unpaired) electrons. The van der Waals surface area contributed by atoms with E-state index in [1.54, 1.807) is 0 Å². The number of carboxylic acids is 1. The SMILES string of the molecule is CC1(C)CC=CC(CC(=O)O)C1. The monoisotopic (exact) mass is 168 g/mol. The van der Waals surface area contributed by atoms with Crippen LogP contribution in [0.15, 0.2) is 12.2 Å². The molecule has 1 aliphatic carbocycles. The highest BCUT2D eigenvalue weighted by Crippen LogP contribution is 2.35. The van der Waals surface area contributed by atoms with Crippen molar-refractivity contribution in [3.05, 3.63) is 12.2 Å². The van der Waals surface area contributed by atoms with E-state index in [0.717, 1.165) is 12.8 Å². The van der Waals surface area contributed by atoms with Gasteiger partial charge in [0.05, 0.1) is 6.42 Å². The van der Waals surface area contributed by atoms with Gasteiger partial charge in [-0.25, -0.2) is 0 Å². The average molecular weight is 168 g/mol. The molecule has 0 aliphatic heterocycles. The molecule has 0 saturated heterocycles. The van der Waals surface area contributed by atoms with Crippen molar-refractivity contribution in [1.29, 1.82) is 0 Å². The first-order chi connectivity index (χ1) is 5.49. The van der Waals surface area contributed by atoms with Gasteiger partial charge in [-0.3, -0.25) is 4.79 Å². The molecule has 2 heteroatoms. The smallest absolute Gasteiger partial charge is 0.303 e. The van der Waals surface area contributed by atoms with Crippen LogP contribution in [-0.4, -0.2) is 11.1 Å². The second-order valence-electron chi connectivity index (χ2n) is 4.36. The van der Waals surface area contributed by atoms with Gasteiger partial charge in [-0.2, -0.15) is 0 Å². The molecule has 0 aromatic carbocycles. The Kier molecular flexibility index (Phi) is 2.55. The standard InChI is InChI=1S/C10H16O2/c1-10(2)5-3-4-8(7-10)6-9(11)12/h3-4,8H,5-7H2,1-2H3,(H,11,12). The van der Waals surface area contributed by atoms with Crippen molar-refractivity contribution in [3.8, 4) is 0 Å². The third-order valence-corrected chi connectivity index (χ3v) is 2.33. The van der Waals surface area contributed by atoms with Crippen molar-refractivity contribution >= 4 is 5.97 Å². The molecule has 1 N–H and O–H groups in total. The van der Waals surface area contributed by atoms with Gasteiger partial charge >= 0.3 is 5.97 Å². The lowest BCUT2D eigenvalue weighted by Crippen LogP contribution is -2.20. The average Bonchev–Trinajstić information content (AvgIpc) is 1.82. The van der Waals surface area contributed by atoms with Crippen LogP contribution in [0.5, 0.6) is 0 Å². The maximum Gasteiger partial charge on any atom is 0.303 e.